The molecule has 0 radical (unpaired) electrons. The number of aryl methyl sites for hydroxylation is 1. The summed E-state index contributed by atoms with van der Waals surface area (Å²) >= 11 is 0. The number of benzene rings is 1. The molecular formula is C29H42N4O7. The van der Waals surface area contributed by atoms with Gasteiger partial charge in [-0.15, -0.1) is 0 Å². The molecule has 40 heavy (non-hydrogen) atoms. The van der Waals surface area contributed by atoms with E-state index in [2.05, 4.69) is 15.5 Å². The summed E-state index contributed by atoms with van der Waals surface area (Å²) in [5, 5.41) is 25.0. The van der Waals surface area contributed by atoms with Crippen molar-refractivity contribution in [2.75, 3.05) is 38.6 Å². The van der Waals surface area contributed by atoms with E-state index in [1.165, 1.54) is 4.90 Å². The molecule has 1 heterocycles. The van der Waals surface area contributed by atoms with E-state index in [1.807, 2.05) is 26.2 Å². The lowest BCUT2D eigenvalue weighted by Crippen LogP contribution is -2.53. The predicted molar refractivity (Wildman–Crippen MR) is 149 cm³/mol. The van der Waals surface area contributed by atoms with Gasteiger partial charge in [-0.1, -0.05) is 31.0 Å². The topological polar surface area (TPSA) is 156 Å². The second kappa shape index (κ2) is 14.2. The van der Waals surface area contributed by atoms with Gasteiger partial charge in [-0.25, -0.2) is 0 Å². The number of fused-ring (bicyclic) bond motifs is 1. The van der Waals surface area contributed by atoms with Gasteiger partial charge in [0.25, 0.3) is 0 Å². The summed E-state index contributed by atoms with van der Waals surface area (Å²) in [6.45, 7) is 0.831. The van der Waals surface area contributed by atoms with Crippen molar-refractivity contribution in [2.45, 2.75) is 70.3 Å². The summed E-state index contributed by atoms with van der Waals surface area (Å²) in [5.74, 6) is -4.59. The van der Waals surface area contributed by atoms with E-state index in [-0.39, 0.29) is 18.7 Å². The first-order valence-electron chi connectivity index (χ1n) is 14.1. The molecule has 0 bridgehead atoms. The number of para-hydroxylation sites is 1. The lowest BCUT2D eigenvalue weighted by atomic mass is 9.75. The zero-order valence-electron chi connectivity index (χ0n) is 23.5. The van der Waals surface area contributed by atoms with Crippen LogP contribution in [0.25, 0.3) is 0 Å². The van der Waals surface area contributed by atoms with Crippen molar-refractivity contribution in [1.29, 1.82) is 0 Å². The number of rotatable bonds is 14. The van der Waals surface area contributed by atoms with Crippen LogP contribution in [0.1, 0.15) is 63.4 Å². The highest BCUT2D eigenvalue weighted by Gasteiger charge is 2.46. The molecule has 11 nitrogen and oxygen atoms in total. The van der Waals surface area contributed by atoms with Crippen LogP contribution in [0.4, 0.5) is 5.69 Å². The van der Waals surface area contributed by atoms with Crippen molar-refractivity contribution in [3.63, 3.8) is 0 Å². The summed E-state index contributed by atoms with van der Waals surface area (Å²) in [4.78, 5) is 66.7. The van der Waals surface area contributed by atoms with E-state index >= 15 is 0 Å². The average Bonchev–Trinajstić information content (AvgIpc) is 3.34. The Morgan fingerprint density at radius 3 is 2.45 bits per heavy atom. The number of carbonyl (C=O) groups excluding carboxylic acids is 3. The summed E-state index contributed by atoms with van der Waals surface area (Å²) in [6, 6.07) is 6.15. The lowest BCUT2D eigenvalue weighted by molar-refractivity contribution is -0.147. The molecule has 3 amide bonds. The van der Waals surface area contributed by atoms with Crippen molar-refractivity contribution in [3.8, 4) is 0 Å². The van der Waals surface area contributed by atoms with E-state index in [1.54, 1.807) is 12.1 Å². The summed E-state index contributed by atoms with van der Waals surface area (Å²) in [6.07, 6.45) is 4.67. The molecule has 3 rings (SSSR count). The molecule has 0 spiro atoms. The minimum atomic E-state index is -1.16. The first-order valence-corrected chi connectivity index (χ1v) is 14.1. The highest BCUT2D eigenvalue weighted by molar-refractivity contribution is 6.03. The fraction of sp³-hybridized carbons (Fsp3) is 0.621. The summed E-state index contributed by atoms with van der Waals surface area (Å²) in [5.41, 5.74) is 0.329. The Balaban J connectivity index is 1.69. The largest absolute Gasteiger partial charge is 0.481 e. The monoisotopic (exact) mass is 558 g/mol. The number of carboxylic acids is 2. The third-order valence-electron chi connectivity index (χ3n) is 7.96. The normalized spacial score (nSPS) is 19.0. The standard InChI is InChI=1S/C29H42N4O7/c1-32(2)16-8-7-15-30-24(34)17-21(27(38)39)18-29(13-5-6-14-29)28(40)31-22-12-11-20-9-3-4-10-23(20)33(26(22)37)19-25(35)36/h3-4,9-10,21-22H,5-8,11-19H2,1-2H3,(H,30,34)(H,31,40)(H,35,36)(H,38,39)/t21-,22?/m1/s1. The van der Waals surface area contributed by atoms with Crippen LogP contribution in [0.15, 0.2) is 24.3 Å². The number of amides is 3. The number of hydrogen-bond donors (Lipinski definition) is 4. The number of aliphatic carboxylic acids is 2. The zero-order chi connectivity index (χ0) is 29.3. The molecule has 1 aromatic rings. The van der Waals surface area contributed by atoms with Gasteiger partial charge in [-0.05, 0) is 77.2 Å². The van der Waals surface area contributed by atoms with Gasteiger partial charge < -0.3 is 25.7 Å². The van der Waals surface area contributed by atoms with Crippen LogP contribution in [-0.4, -0.2) is 84.5 Å². The maximum absolute atomic E-state index is 13.7. The Morgan fingerprint density at radius 2 is 1.80 bits per heavy atom. The van der Waals surface area contributed by atoms with E-state index in [9.17, 15) is 34.2 Å². The number of carbonyl (C=O) groups is 5. The molecule has 1 saturated carbocycles. The minimum absolute atomic E-state index is 0.00217. The SMILES string of the molecule is CN(C)CCCCNC(=O)C[C@H](CC1(C(=O)NC2CCc3ccccc3N(CC(=O)O)C2=O)CCCC1)C(=O)O. The highest BCUT2D eigenvalue weighted by atomic mass is 16.4. The number of carboxylic acid groups (broad SMARTS) is 2. The fourth-order valence-electron chi connectivity index (χ4n) is 5.83. The van der Waals surface area contributed by atoms with Crippen LogP contribution in [-0.2, 0) is 30.4 Å². The van der Waals surface area contributed by atoms with Gasteiger partial charge in [0.05, 0.1) is 11.3 Å². The molecule has 220 valence electrons. The molecule has 1 unspecified atom stereocenters. The molecule has 1 aliphatic carbocycles. The third-order valence-corrected chi connectivity index (χ3v) is 7.96. The number of nitrogens with one attached hydrogen (secondary N) is 2. The summed E-state index contributed by atoms with van der Waals surface area (Å²) < 4.78 is 0. The first kappa shape index (κ1) is 31.1. The Labute approximate surface area is 235 Å². The third kappa shape index (κ3) is 8.27. The quantitative estimate of drug-likeness (QED) is 0.253. The van der Waals surface area contributed by atoms with Crippen LogP contribution < -0.4 is 15.5 Å². The van der Waals surface area contributed by atoms with Crippen molar-refractivity contribution < 1.29 is 34.2 Å². The molecule has 4 N–H and O–H groups in total. The van der Waals surface area contributed by atoms with Gasteiger partial charge in [0.15, 0.2) is 0 Å². The second-order valence-electron chi connectivity index (χ2n) is 11.3. The smallest absolute Gasteiger partial charge is 0.323 e. The summed E-state index contributed by atoms with van der Waals surface area (Å²) in [7, 11) is 3.95. The van der Waals surface area contributed by atoms with Gasteiger partial charge in [-0.2, -0.15) is 0 Å². The van der Waals surface area contributed by atoms with Crippen LogP contribution in [0.3, 0.4) is 0 Å². The van der Waals surface area contributed by atoms with E-state index < -0.39 is 47.7 Å². The first-order chi connectivity index (χ1) is 19.0. The van der Waals surface area contributed by atoms with Crippen LogP contribution in [0, 0.1) is 11.3 Å². The highest BCUT2D eigenvalue weighted by Crippen LogP contribution is 2.44. The molecule has 1 fully saturated rings. The van der Waals surface area contributed by atoms with Gasteiger partial charge in [0.2, 0.25) is 17.7 Å². The number of unbranched alkanes of at least 4 members (excludes halogenated alkanes) is 1. The fourth-order valence-corrected chi connectivity index (χ4v) is 5.83. The van der Waals surface area contributed by atoms with E-state index in [0.717, 1.165) is 37.8 Å². The van der Waals surface area contributed by atoms with Gasteiger partial charge >= 0.3 is 11.9 Å². The number of hydrogen-bond acceptors (Lipinski definition) is 6. The van der Waals surface area contributed by atoms with Crippen LogP contribution in [0.5, 0.6) is 0 Å². The molecule has 11 heteroatoms. The average molecular weight is 559 g/mol. The van der Waals surface area contributed by atoms with Crippen LogP contribution >= 0.6 is 0 Å². The number of anilines is 1. The van der Waals surface area contributed by atoms with Crippen LogP contribution in [0.2, 0.25) is 0 Å². The van der Waals surface area contributed by atoms with Crippen molar-refractivity contribution >= 4 is 35.3 Å². The Bertz CT molecular complexity index is 1080. The second-order valence-corrected chi connectivity index (χ2v) is 11.3. The van der Waals surface area contributed by atoms with E-state index in [4.69, 9.17) is 0 Å². The molecule has 0 saturated heterocycles. The maximum Gasteiger partial charge on any atom is 0.323 e. The van der Waals surface area contributed by atoms with E-state index in [0.29, 0.717) is 37.9 Å². The van der Waals surface area contributed by atoms with Gasteiger partial charge in [0.1, 0.15) is 12.6 Å². The molecule has 0 aromatic heterocycles. The van der Waals surface area contributed by atoms with Gasteiger partial charge in [-0.3, -0.25) is 28.9 Å². The van der Waals surface area contributed by atoms with Crippen molar-refractivity contribution in [2.24, 2.45) is 11.3 Å². The zero-order valence-corrected chi connectivity index (χ0v) is 23.5. The maximum atomic E-state index is 13.7. The molecule has 2 aliphatic rings. The molecule has 1 aliphatic heterocycles. The Kier molecular flexibility index (Phi) is 11.1. The Morgan fingerprint density at radius 1 is 1.10 bits per heavy atom. The van der Waals surface area contributed by atoms with Gasteiger partial charge in [0, 0.05) is 18.7 Å². The molecule has 1 aromatic carbocycles. The predicted octanol–water partition coefficient (Wildman–Crippen LogP) is 2.03. The Hall–Kier alpha value is -3.47. The number of nitrogens with zero attached hydrogens (tertiary/aromatic N) is 2. The minimum Gasteiger partial charge on any atom is -0.481 e. The van der Waals surface area contributed by atoms with Crippen molar-refractivity contribution in [3.05, 3.63) is 29.8 Å². The molecular weight excluding hydrogens is 516 g/mol. The lowest BCUT2D eigenvalue weighted by Gasteiger charge is -2.32. The molecule has 2 atom stereocenters. The van der Waals surface area contributed by atoms with Crippen molar-refractivity contribution in [1.82, 2.24) is 15.5 Å².